The van der Waals surface area contributed by atoms with Crippen LogP contribution in [0.2, 0.25) is 0 Å². The molecule has 0 rings (SSSR count). The molecule has 0 amide bonds. The van der Waals surface area contributed by atoms with Crippen molar-refractivity contribution < 1.29 is 66.2 Å². The summed E-state index contributed by atoms with van der Waals surface area (Å²) in [5, 5.41) is 0. The average Bonchev–Trinajstić information content (AvgIpc) is 0.722. The number of hydrogen-bond donors (Lipinski definition) is 1. The summed E-state index contributed by atoms with van der Waals surface area (Å²) in [7, 11) is -5.17. The first-order chi connectivity index (χ1) is 2.00. The minimum absolute atomic E-state index is 0. The summed E-state index contributed by atoms with van der Waals surface area (Å²) in [4.78, 5) is 0. The SMILES string of the molecule is O=S(=O)(O)F.[Eu]. The van der Waals surface area contributed by atoms with E-state index in [-0.39, 0.29) is 49.4 Å². The molecule has 6 heteroatoms. The molecule has 6 heavy (non-hydrogen) atoms. The van der Waals surface area contributed by atoms with Crippen LogP contribution in [0.1, 0.15) is 0 Å². The molecule has 0 aromatic carbocycles. The minimum Gasteiger partial charge on any atom is -0.260 e. The second kappa shape index (κ2) is 3.43. The average molecular weight is 252 g/mol. The molecule has 0 heterocycles. The molecule has 0 aromatic rings. The van der Waals surface area contributed by atoms with Gasteiger partial charge in [-0.15, -0.1) is 0 Å². The van der Waals surface area contributed by atoms with Crippen molar-refractivity contribution in [3.05, 3.63) is 0 Å². The van der Waals surface area contributed by atoms with Crippen LogP contribution in [0.3, 0.4) is 0 Å². The van der Waals surface area contributed by atoms with Gasteiger partial charge in [0.05, 0.1) is 0 Å². The van der Waals surface area contributed by atoms with E-state index in [2.05, 4.69) is 0 Å². The van der Waals surface area contributed by atoms with Crippen molar-refractivity contribution in [3.63, 3.8) is 0 Å². The van der Waals surface area contributed by atoms with E-state index in [0.717, 1.165) is 0 Å². The Hall–Kier alpha value is 1.42. The third kappa shape index (κ3) is 52.3. The van der Waals surface area contributed by atoms with E-state index in [1.54, 1.807) is 0 Å². The van der Waals surface area contributed by atoms with Crippen molar-refractivity contribution in [2.45, 2.75) is 0 Å². The molecule has 0 aliphatic heterocycles. The second-order valence-electron chi connectivity index (χ2n) is 0.412. The van der Waals surface area contributed by atoms with Gasteiger partial charge in [0.1, 0.15) is 0 Å². The molecule has 3 nitrogen and oxygen atoms in total. The fourth-order valence-corrected chi connectivity index (χ4v) is 0. The summed E-state index contributed by atoms with van der Waals surface area (Å²) in [5.41, 5.74) is 0. The van der Waals surface area contributed by atoms with Crippen LogP contribution in [0.5, 0.6) is 0 Å². The van der Waals surface area contributed by atoms with E-state index in [9.17, 15) is 3.89 Å². The van der Waals surface area contributed by atoms with Gasteiger partial charge in [-0.3, -0.25) is 4.55 Å². The Morgan fingerprint density at radius 2 is 1.50 bits per heavy atom. The summed E-state index contributed by atoms with van der Waals surface area (Å²) < 4.78 is 34.1. The molecule has 0 fully saturated rings. The van der Waals surface area contributed by atoms with E-state index >= 15 is 0 Å². The first-order valence-electron chi connectivity index (χ1n) is 0.670. The van der Waals surface area contributed by atoms with Crippen molar-refractivity contribution in [2.75, 3.05) is 0 Å². The molecule has 0 spiro atoms. The van der Waals surface area contributed by atoms with Crippen molar-refractivity contribution in [1.29, 1.82) is 0 Å². The first-order valence-corrected chi connectivity index (χ1v) is 2.01. The van der Waals surface area contributed by atoms with Gasteiger partial charge < -0.3 is 0 Å². The van der Waals surface area contributed by atoms with E-state index in [4.69, 9.17) is 13.0 Å². The number of rotatable bonds is 0. The molecule has 0 saturated carbocycles. The number of hydrogen-bond acceptors (Lipinski definition) is 2. The molecular weight excluding hydrogens is 251 g/mol. The van der Waals surface area contributed by atoms with Crippen LogP contribution < -0.4 is 0 Å². The Labute approximate surface area is 75.5 Å². The normalized spacial score (nSPS) is 9.67. The van der Waals surface area contributed by atoms with Gasteiger partial charge in [0.25, 0.3) is 0 Å². The van der Waals surface area contributed by atoms with Crippen molar-refractivity contribution in [1.82, 2.24) is 0 Å². The molecular formula is HEuFO3S. The fourth-order valence-electron chi connectivity index (χ4n) is 0. The van der Waals surface area contributed by atoms with Gasteiger partial charge in [0.2, 0.25) is 0 Å². The summed E-state index contributed by atoms with van der Waals surface area (Å²) in [6.45, 7) is 0. The molecule has 0 bridgehead atoms. The molecule has 0 unspecified atom stereocenters. The molecule has 1 N–H and O–H groups in total. The topological polar surface area (TPSA) is 54.4 Å². The van der Waals surface area contributed by atoms with E-state index < -0.39 is 10.5 Å². The van der Waals surface area contributed by atoms with Gasteiger partial charge in [-0.25, -0.2) is 0 Å². The Bertz CT molecular complexity index is 94.0. The summed E-state index contributed by atoms with van der Waals surface area (Å²) in [6, 6.07) is 0. The monoisotopic (exact) mass is 253 g/mol. The first kappa shape index (κ1) is 10.4. The van der Waals surface area contributed by atoms with Gasteiger partial charge in [-0.1, -0.05) is 3.89 Å². The largest absolute Gasteiger partial charge is 0.435 e. The Kier molecular flexibility index (Phi) is 5.95. The molecule has 0 aliphatic rings. The van der Waals surface area contributed by atoms with Gasteiger partial charge >= 0.3 is 10.5 Å². The zero-order valence-electron chi connectivity index (χ0n) is 2.43. The van der Waals surface area contributed by atoms with Crippen molar-refractivity contribution in [2.24, 2.45) is 0 Å². The van der Waals surface area contributed by atoms with Crippen molar-refractivity contribution in [3.8, 4) is 0 Å². The molecule has 39 valence electrons. The summed E-state index contributed by atoms with van der Waals surface area (Å²) >= 11 is 0. The maximum absolute atomic E-state index is 10.2. The third-order valence-corrected chi connectivity index (χ3v) is 0. The molecule has 0 saturated heterocycles. The van der Waals surface area contributed by atoms with E-state index in [1.807, 2.05) is 0 Å². The maximum Gasteiger partial charge on any atom is 0.435 e. The van der Waals surface area contributed by atoms with Gasteiger partial charge in [0, 0.05) is 49.4 Å². The van der Waals surface area contributed by atoms with E-state index in [0.29, 0.717) is 0 Å². The maximum atomic E-state index is 10.2. The van der Waals surface area contributed by atoms with Crippen LogP contribution in [-0.2, 0) is 10.5 Å². The van der Waals surface area contributed by atoms with Crippen molar-refractivity contribution >= 4 is 10.5 Å². The Balaban J connectivity index is 0. The molecule has 1 radical (unpaired) electrons. The Morgan fingerprint density at radius 1 is 1.50 bits per heavy atom. The third-order valence-electron chi connectivity index (χ3n) is 0. The zero-order chi connectivity index (χ0) is 4.50. The quantitative estimate of drug-likeness (QED) is 0.478. The smallest absolute Gasteiger partial charge is 0.260 e. The second-order valence-corrected chi connectivity index (χ2v) is 1.24. The van der Waals surface area contributed by atoms with Crippen LogP contribution in [0.4, 0.5) is 3.89 Å². The molecule has 0 atom stereocenters. The predicted molar refractivity (Wildman–Crippen MR) is 12.7 cm³/mol. The van der Waals surface area contributed by atoms with Crippen LogP contribution in [-0.4, -0.2) is 13.0 Å². The van der Waals surface area contributed by atoms with Gasteiger partial charge in [0.15, 0.2) is 0 Å². The van der Waals surface area contributed by atoms with E-state index in [1.165, 1.54) is 0 Å². The summed E-state index contributed by atoms with van der Waals surface area (Å²) in [6.07, 6.45) is 0. The van der Waals surface area contributed by atoms with Gasteiger partial charge in [-0.2, -0.15) is 8.42 Å². The van der Waals surface area contributed by atoms with Crippen LogP contribution in [0, 0.1) is 49.4 Å². The Morgan fingerprint density at radius 3 is 1.50 bits per heavy atom. The predicted octanol–water partition coefficient (Wildman–Crippen LogP) is -0.241. The molecule has 0 aromatic heterocycles. The number of halogens is 1. The molecule has 0 aliphatic carbocycles. The fraction of sp³-hybridized carbons (Fsp3) is 0. The van der Waals surface area contributed by atoms with Gasteiger partial charge in [-0.05, 0) is 0 Å². The standard InChI is InChI=1S/Eu.FHO3S/c;1-5(2,3)4/h;(H,2,3,4). The van der Waals surface area contributed by atoms with Crippen LogP contribution in [0.25, 0.3) is 0 Å². The summed E-state index contributed by atoms with van der Waals surface area (Å²) in [5.74, 6) is 0. The minimum atomic E-state index is -5.17. The van der Waals surface area contributed by atoms with Crippen LogP contribution >= 0.6 is 0 Å². The van der Waals surface area contributed by atoms with Crippen LogP contribution in [0.15, 0.2) is 0 Å². The zero-order valence-corrected chi connectivity index (χ0v) is 5.67.